The normalized spacial score (nSPS) is 19.5. The van der Waals surface area contributed by atoms with Gasteiger partial charge in [-0.25, -0.2) is 32.3 Å². The summed E-state index contributed by atoms with van der Waals surface area (Å²) in [5.74, 6) is -0.379. The van der Waals surface area contributed by atoms with Crippen LogP contribution < -0.4 is 5.32 Å². The molecule has 1 saturated heterocycles. The second-order valence-corrected chi connectivity index (χ2v) is 13.7. The predicted molar refractivity (Wildman–Crippen MR) is 142 cm³/mol. The van der Waals surface area contributed by atoms with Crippen molar-refractivity contribution in [2.75, 3.05) is 32.5 Å². The molecule has 0 aliphatic carbocycles. The highest BCUT2D eigenvalue weighted by Crippen LogP contribution is 2.36. The maximum atomic E-state index is 13.7. The van der Waals surface area contributed by atoms with E-state index < -0.39 is 37.7 Å². The van der Waals surface area contributed by atoms with E-state index in [1.54, 1.807) is 4.57 Å². The zero-order valence-electron chi connectivity index (χ0n) is 20.9. The molecule has 0 radical (unpaired) electrons. The van der Waals surface area contributed by atoms with Gasteiger partial charge >= 0.3 is 16.4 Å². The molecule has 3 aromatic heterocycles. The van der Waals surface area contributed by atoms with Crippen LogP contribution in [0.2, 0.25) is 0 Å². The Hall–Kier alpha value is -2.36. The van der Waals surface area contributed by atoms with Crippen molar-refractivity contribution < 1.29 is 30.0 Å². The standard InChI is InChI=1S/C20H25F3IN9O4S2/c1-13-7-32(38(34,35)17-9-31(10-24)11-27-17)5-4-15(13)28-19-25-6-14(20(21,22)23)18(29-19)16-8-33(12-26-16)39(36,37)30(2)3/h6,8-9,11-13,15H,4-5,7,10H2,1-3H3,(H,25,28,29)/t13-,15+/m1/s1. The van der Waals surface area contributed by atoms with Crippen LogP contribution in [-0.2, 0) is 31.0 Å². The van der Waals surface area contributed by atoms with Crippen molar-refractivity contribution in [3.8, 4) is 11.4 Å². The van der Waals surface area contributed by atoms with E-state index in [4.69, 9.17) is 0 Å². The third-order valence-electron chi connectivity index (χ3n) is 6.16. The van der Waals surface area contributed by atoms with Crippen LogP contribution in [0.15, 0.2) is 36.3 Å². The van der Waals surface area contributed by atoms with Crippen LogP contribution in [-0.4, -0.2) is 87.1 Å². The number of alkyl halides is 4. The molecule has 0 aromatic carbocycles. The molecule has 2 atom stereocenters. The quantitative estimate of drug-likeness (QED) is 0.275. The summed E-state index contributed by atoms with van der Waals surface area (Å²) in [6.07, 6.45) is 0.856. The number of sulfonamides is 1. The summed E-state index contributed by atoms with van der Waals surface area (Å²) in [6, 6.07) is -0.348. The Balaban J connectivity index is 1.56. The van der Waals surface area contributed by atoms with Gasteiger partial charge < -0.3 is 9.88 Å². The summed E-state index contributed by atoms with van der Waals surface area (Å²) < 4.78 is 97.1. The van der Waals surface area contributed by atoms with Crippen LogP contribution in [0, 0.1) is 5.92 Å². The number of aromatic nitrogens is 6. The fraction of sp³-hybridized carbons (Fsp3) is 0.500. The second-order valence-electron chi connectivity index (χ2n) is 9.06. The lowest BCUT2D eigenvalue weighted by Gasteiger charge is -2.36. The molecule has 0 bridgehead atoms. The van der Waals surface area contributed by atoms with Crippen molar-refractivity contribution in [3.63, 3.8) is 0 Å². The van der Waals surface area contributed by atoms with Crippen molar-refractivity contribution in [1.29, 1.82) is 0 Å². The number of anilines is 1. The molecule has 1 aliphatic heterocycles. The molecule has 1 fully saturated rings. The van der Waals surface area contributed by atoms with E-state index in [0.29, 0.717) is 21.1 Å². The zero-order valence-corrected chi connectivity index (χ0v) is 24.7. The van der Waals surface area contributed by atoms with Crippen molar-refractivity contribution in [3.05, 3.63) is 36.8 Å². The average Bonchev–Trinajstić information content (AvgIpc) is 3.55. The Morgan fingerprint density at radius 3 is 2.44 bits per heavy atom. The van der Waals surface area contributed by atoms with Gasteiger partial charge in [-0.3, -0.25) is 0 Å². The second kappa shape index (κ2) is 10.9. The number of nitrogens with zero attached hydrogens (tertiary/aromatic N) is 8. The zero-order chi connectivity index (χ0) is 28.8. The minimum absolute atomic E-state index is 0.0517. The summed E-state index contributed by atoms with van der Waals surface area (Å²) in [7, 11) is -5.26. The highest BCUT2D eigenvalue weighted by atomic mass is 127. The lowest BCUT2D eigenvalue weighted by molar-refractivity contribution is -0.137. The van der Waals surface area contributed by atoms with Crippen LogP contribution in [0.4, 0.5) is 19.1 Å². The SMILES string of the molecule is C[C@@H]1CN(S(=O)(=O)c2cn(CI)cn2)CC[C@@H]1Nc1ncc(C(F)(F)F)c(-c2cn(S(=O)(=O)N(C)C)cn2)n1. The molecule has 3 aromatic rings. The maximum absolute atomic E-state index is 13.7. The molecular weight excluding hydrogens is 678 g/mol. The molecule has 0 spiro atoms. The van der Waals surface area contributed by atoms with E-state index in [0.717, 1.165) is 16.8 Å². The molecule has 0 saturated carbocycles. The lowest BCUT2D eigenvalue weighted by atomic mass is 9.95. The van der Waals surface area contributed by atoms with Crippen molar-refractivity contribution in [2.24, 2.45) is 5.92 Å². The molecule has 214 valence electrons. The van der Waals surface area contributed by atoms with Gasteiger partial charge in [0.25, 0.3) is 10.0 Å². The van der Waals surface area contributed by atoms with Crippen molar-refractivity contribution in [1.82, 2.24) is 37.1 Å². The molecule has 1 aliphatic rings. The number of nitrogens with one attached hydrogen (secondary N) is 1. The van der Waals surface area contributed by atoms with Crippen LogP contribution >= 0.6 is 22.6 Å². The summed E-state index contributed by atoms with van der Waals surface area (Å²) >= 11 is 2.08. The van der Waals surface area contributed by atoms with Crippen LogP contribution in [0.1, 0.15) is 18.9 Å². The van der Waals surface area contributed by atoms with Gasteiger partial charge in [-0.05, 0) is 12.3 Å². The van der Waals surface area contributed by atoms with E-state index in [1.807, 2.05) is 6.92 Å². The smallest absolute Gasteiger partial charge is 0.351 e. The number of halogens is 4. The van der Waals surface area contributed by atoms with E-state index in [9.17, 15) is 30.0 Å². The van der Waals surface area contributed by atoms with Crippen LogP contribution in [0.25, 0.3) is 11.4 Å². The first-order valence-corrected chi connectivity index (χ1v) is 15.8. The van der Waals surface area contributed by atoms with Crippen molar-refractivity contribution >= 4 is 48.8 Å². The Kier molecular flexibility index (Phi) is 8.28. The highest BCUT2D eigenvalue weighted by molar-refractivity contribution is 14.1. The Morgan fingerprint density at radius 1 is 1.13 bits per heavy atom. The monoisotopic (exact) mass is 703 g/mol. The number of hydrogen-bond donors (Lipinski definition) is 1. The number of imidazole rings is 2. The highest BCUT2D eigenvalue weighted by Gasteiger charge is 2.38. The van der Waals surface area contributed by atoms with Gasteiger partial charge in [0.15, 0.2) is 5.03 Å². The van der Waals surface area contributed by atoms with Gasteiger partial charge in [0, 0.05) is 45.6 Å². The first kappa shape index (κ1) is 29.6. The first-order valence-electron chi connectivity index (χ1n) is 11.4. The fourth-order valence-electron chi connectivity index (χ4n) is 3.97. The fourth-order valence-corrected chi connectivity index (χ4v) is 6.61. The maximum Gasteiger partial charge on any atom is 0.420 e. The number of hydrogen-bond acceptors (Lipinski definition) is 9. The molecule has 13 nitrogen and oxygen atoms in total. The minimum atomic E-state index is -4.82. The van der Waals surface area contributed by atoms with E-state index in [2.05, 4.69) is 47.8 Å². The van der Waals surface area contributed by atoms with E-state index >= 15 is 0 Å². The van der Waals surface area contributed by atoms with Gasteiger partial charge in [-0.2, -0.15) is 30.2 Å². The van der Waals surface area contributed by atoms with E-state index in [-0.39, 0.29) is 41.7 Å². The molecule has 0 amide bonds. The average molecular weight is 704 g/mol. The summed E-state index contributed by atoms with van der Waals surface area (Å²) in [5.41, 5.74) is -2.08. The Labute approximate surface area is 236 Å². The molecule has 39 heavy (non-hydrogen) atoms. The predicted octanol–water partition coefficient (Wildman–Crippen LogP) is 2.11. The van der Waals surface area contributed by atoms with Gasteiger partial charge in [0.1, 0.15) is 23.3 Å². The van der Waals surface area contributed by atoms with Gasteiger partial charge in [0.05, 0.1) is 17.1 Å². The Bertz CT molecular complexity index is 1560. The van der Waals surface area contributed by atoms with Gasteiger partial charge in [-0.15, -0.1) is 0 Å². The molecular formula is C20H25F3IN9O4S2. The molecule has 4 heterocycles. The Morgan fingerprint density at radius 2 is 1.85 bits per heavy atom. The van der Waals surface area contributed by atoms with Crippen LogP contribution in [0.3, 0.4) is 0 Å². The summed E-state index contributed by atoms with van der Waals surface area (Å²) in [6.45, 7) is 2.11. The number of piperidine rings is 1. The molecule has 19 heteroatoms. The third kappa shape index (κ3) is 6.05. The van der Waals surface area contributed by atoms with Gasteiger partial charge in [-0.1, -0.05) is 29.5 Å². The number of rotatable bonds is 8. The largest absolute Gasteiger partial charge is 0.420 e. The van der Waals surface area contributed by atoms with Crippen molar-refractivity contribution in [2.45, 2.75) is 35.1 Å². The molecule has 1 N–H and O–H groups in total. The molecule has 4 rings (SSSR count). The van der Waals surface area contributed by atoms with E-state index in [1.165, 1.54) is 30.9 Å². The summed E-state index contributed by atoms with van der Waals surface area (Å²) in [4.78, 5) is 15.7. The third-order valence-corrected chi connectivity index (χ3v) is 10.4. The summed E-state index contributed by atoms with van der Waals surface area (Å²) in [5, 5.41) is 2.96. The molecule has 0 unspecified atom stereocenters. The lowest BCUT2D eigenvalue weighted by Crippen LogP contribution is -2.47. The topological polar surface area (TPSA) is 148 Å². The van der Waals surface area contributed by atoms with Gasteiger partial charge in [0.2, 0.25) is 5.95 Å². The minimum Gasteiger partial charge on any atom is -0.351 e. The van der Waals surface area contributed by atoms with Crippen LogP contribution in [0.5, 0.6) is 0 Å². The first-order chi connectivity index (χ1) is 18.1.